The Bertz CT molecular complexity index is 668. The van der Waals surface area contributed by atoms with Gasteiger partial charge in [0.05, 0.1) is 12.2 Å². The molecule has 1 atom stereocenters. The zero-order valence-electron chi connectivity index (χ0n) is 13.1. The number of carbonyl (C=O) groups excluding carboxylic acids is 1. The fraction of sp³-hybridized carbons (Fsp3) is 0.294. The van der Waals surface area contributed by atoms with Gasteiger partial charge in [-0.2, -0.15) is 0 Å². The first-order valence-electron chi connectivity index (χ1n) is 7.21. The standard InChI is InChI=1S/C17H19NO4S/c1-12(17(20)21)10-18(2)16(19)15-13(8-9-22-15)11-23-14-6-4-3-5-7-14/h3-9,12H,10-11H2,1-2H3,(H,20,21). The highest BCUT2D eigenvalue weighted by atomic mass is 32.2. The molecule has 0 saturated carbocycles. The van der Waals surface area contributed by atoms with Gasteiger partial charge in [-0.1, -0.05) is 25.1 Å². The minimum absolute atomic E-state index is 0.139. The zero-order valence-corrected chi connectivity index (χ0v) is 13.9. The maximum Gasteiger partial charge on any atom is 0.308 e. The molecule has 0 saturated heterocycles. The van der Waals surface area contributed by atoms with Crippen molar-refractivity contribution in [3.8, 4) is 0 Å². The van der Waals surface area contributed by atoms with Crippen molar-refractivity contribution in [1.29, 1.82) is 0 Å². The van der Waals surface area contributed by atoms with Crippen molar-refractivity contribution < 1.29 is 19.1 Å². The summed E-state index contributed by atoms with van der Waals surface area (Å²) in [5, 5.41) is 8.94. The van der Waals surface area contributed by atoms with Gasteiger partial charge in [0, 0.05) is 29.8 Å². The second-order valence-corrected chi connectivity index (χ2v) is 6.35. The Hall–Kier alpha value is -2.21. The van der Waals surface area contributed by atoms with Crippen LogP contribution in [0.4, 0.5) is 0 Å². The number of furan rings is 1. The first-order valence-corrected chi connectivity index (χ1v) is 8.20. The molecule has 1 amide bonds. The number of carboxylic acid groups (broad SMARTS) is 1. The lowest BCUT2D eigenvalue weighted by atomic mass is 10.1. The van der Waals surface area contributed by atoms with Crippen LogP contribution in [0.15, 0.2) is 52.0 Å². The van der Waals surface area contributed by atoms with E-state index in [1.54, 1.807) is 31.8 Å². The molecule has 1 unspecified atom stereocenters. The molecule has 1 heterocycles. The Morgan fingerprint density at radius 1 is 1.26 bits per heavy atom. The third-order valence-electron chi connectivity index (χ3n) is 3.39. The highest BCUT2D eigenvalue weighted by Crippen LogP contribution is 2.25. The normalized spacial score (nSPS) is 11.9. The summed E-state index contributed by atoms with van der Waals surface area (Å²) in [7, 11) is 1.58. The number of benzene rings is 1. The van der Waals surface area contributed by atoms with Crippen LogP contribution in [-0.4, -0.2) is 35.5 Å². The Morgan fingerprint density at radius 3 is 2.61 bits per heavy atom. The van der Waals surface area contributed by atoms with Gasteiger partial charge in [0.15, 0.2) is 5.76 Å². The van der Waals surface area contributed by atoms with Crippen molar-refractivity contribution in [1.82, 2.24) is 4.90 Å². The van der Waals surface area contributed by atoms with Crippen LogP contribution in [0, 0.1) is 5.92 Å². The largest absolute Gasteiger partial charge is 0.481 e. The molecule has 2 aromatic rings. The van der Waals surface area contributed by atoms with Crippen molar-refractivity contribution in [2.75, 3.05) is 13.6 Å². The first kappa shape index (κ1) is 17.1. The Kier molecular flexibility index (Phi) is 5.87. The molecule has 6 heteroatoms. The number of amides is 1. The lowest BCUT2D eigenvalue weighted by molar-refractivity contribution is -0.141. The summed E-state index contributed by atoms with van der Waals surface area (Å²) >= 11 is 1.62. The van der Waals surface area contributed by atoms with E-state index in [4.69, 9.17) is 9.52 Å². The fourth-order valence-electron chi connectivity index (χ4n) is 2.06. The van der Waals surface area contributed by atoms with Crippen LogP contribution in [0.1, 0.15) is 23.0 Å². The molecule has 0 radical (unpaired) electrons. The van der Waals surface area contributed by atoms with Crippen molar-refractivity contribution in [3.05, 3.63) is 54.0 Å². The van der Waals surface area contributed by atoms with Gasteiger partial charge < -0.3 is 14.4 Å². The molecule has 0 bridgehead atoms. The maximum atomic E-state index is 12.4. The predicted octanol–water partition coefficient (Wildman–Crippen LogP) is 3.36. The summed E-state index contributed by atoms with van der Waals surface area (Å²) in [6, 6.07) is 11.7. The van der Waals surface area contributed by atoms with Gasteiger partial charge in [0.25, 0.3) is 5.91 Å². The van der Waals surface area contributed by atoms with Crippen LogP contribution in [0.25, 0.3) is 0 Å². The van der Waals surface area contributed by atoms with Gasteiger partial charge >= 0.3 is 5.97 Å². The van der Waals surface area contributed by atoms with Crippen molar-refractivity contribution >= 4 is 23.6 Å². The predicted molar refractivity (Wildman–Crippen MR) is 88.5 cm³/mol. The molecule has 0 aliphatic carbocycles. The topological polar surface area (TPSA) is 70.8 Å². The number of hydrogen-bond donors (Lipinski definition) is 1. The molecule has 1 aromatic heterocycles. The average molecular weight is 333 g/mol. The second kappa shape index (κ2) is 7.87. The molecular weight excluding hydrogens is 314 g/mol. The van der Waals surface area contributed by atoms with Gasteiger partial charge in [0.2, 0.25) is 0 Å². The minimum atomic E-state index is -0.927. The summed E-state index contributed by atoms with van der Waals surface area (Å²) in [5.74, 6) is -0.963. The minimum Gasteiger partial charge on any atom is -0.481 e. The Labute approximate surface area is 139 Å². The van der Waals surface area contributed by atoms with Gasteiger partial charge in [-0.15, -0.1) is 11.8 Å². The SMILES string of the molecule is CC(CN(C)C(=O)c1occc1CSc1ccccc1)C(=O)O. The lowest BCUT2D eigenvalue weighted by Gasteiger charge is -2.18. The zero-order chi connectivity index (χ0) is 16.8. The van der Waals surface area contributed by atoms with Crippen LogP contribution < -0.4 is 0 Å². The molecule has 122 valence electrons. The van der Waals surface area contributed by atoms with E-state index < -0.39 is 11.9 Å². The molecule has 0 aliphatic rings. The van der Waals surface area contributed by atoms with E-state index in [1.807, 2.05) is 30.3 Å². The third kappa shape index (κ3) is 4.63. The summed E-state index contributed by atoms with van der Waals surface area (Å²) in [4.78, 5) is 25.8. The molecule has 1 aromatic carbocycles. The second-order valence-electron chi connectivity index (χ2n) is 5.30. The third-order valence-corrected chi connectivity index (χ3v) is 4.46. The van der Waals surface area contributed by atoms with Crippen LogP contribution in [-0.2, 0) is 10.5 Å². The molecule has 0 fully saturated rings. The molecule has 2 rings (SSSR count). The van der Waals surface area contributed by atoms with Gasteiger partial charge in [-0.3, -0.25) is 9.59 Å². The number of hydrogen-bond acceptors (Lipinski definition) is 4. The van der Waals surface area contributed by atoms with Crippen molar-refractivity contribution in [2.24, 2.45) is 5.92 Å². The molecule has 23 heavy (non-hydrogen) atoms. The van der Waals surface area contributed by atoms with Crippen LogP contribution >= 0.6 is 11.8 Å². The summed E-state index contributed by atoms with van der Waals surface area (Å²) in [6.45, 7) is 1.71. The number of nitrogens with zero attached hydrogens (tertiary/aromatic N) is 1. The first-order chi connectivity index (χ1) is 11.0. The van der Waals surface area contributed by atoms with Crippen LogP contribution in [0.3, 0.4) is 0 Å². The monoisotopic (exact) mass is 333 g/mol. The van der Waals surface area contributed by atoms with E-state index in [9.17, 15) is 9.59 Å². The van der Waals surface area contributed by atoms with Crippen molar-refractivity contribution in [3.63, 3.8) is 0 Å². The highest BCUT2D eigenvalue weighted by molar-refractivity contribution is 7.98. The van der Waals surface area contributed by atoms with Gasteiger partial charge in [-0.25, -0.2) is 0 Å². The van der Waals surface area contributed by atoms with E-state index in [1.165, 1.54) is 11.2 Å². The number of aliphatic carboxylic acids is 1. The van der Waals surface area contributed by atoms with Gasteiger partial charge in [0.1, 0.15) is 0 Å². The van der Waals surface area contributed by atoms with E-state index in [0.29, 0.717) is 5.75 Å². The molecule has 0 spiro atoms. The maximum absolute atomic E-state index is 12.4. The molecule has 1 N–H and O–H groups in total. The van der Waals surface area contributed by atoms with E-state index in [0.717, 1.165) is 10.5 Å². The number of carbonyl (C=O) groups is 2. The van der Waals surface area contributed by atoms with E-state index >= 15 is 0 Å². The van der Waals surface area contributed by atoms with Crippen LogP contribution in [0.2, 0.25) is 0 Å². The highest BCUT2D eigenvalue weighted by Gasteiger charge is 2.23. The summed E-state index contributed by atoms with van der Waals surface area (Å²) in [5.41, 5.74) is 0.804. The van der Waals surface area contributed by atoms with Crippen LogP contribution in [0.5, 0.6) is 0 Å². The lowest BCUT2D eigenvalue weighted by Crippen LogP contribution is -2.33. The Morgan fingerprint density at radius 2 is 1.96 bits per heavy atom. The number of rotatable bonds is 7. The smallest absolute Gasteiger partial charge is 0.308 e. The summed E-state index contributed by atoms with van der Waals surface area (Å²) in [6.07, 6.45) is 1.49. The molecule has 5 nitrogen and oxygen atoms in total. The van der Waals surface area contributed by atoms with E-state index in [2.05, 4.69) is 0 Å². The quantitative estimate of drug-likeness (QED) is 0.787. The molecule has 0 aliphatic heterocycles. The van der Waals surface area contributed by atoms with Gasteiger partial charge in [-0.05, 0) is 18.2 Å². The number of thioether (sulfide) groups is 1. The average Bonchev–Trinajstić information content (AvgIpc) is 3.01. The van der Waals surface area contributed by atoms with Crippen molar-refractivity contribution in [2.45, 2.75) is 17.6 Å². The Balaban J connectivity index is 2.02. The molecular formula is C17H19NO4S. The number of carboxylic acids is 1. The summed E-state index contributed by atoms with van der Waals surface area (Å²) < 4.78 is 5.33. The van der Waals surface area contributed by atoms with E-state index in [-0.39, 0.29) is 18.2 Å². The fourth-order valence-corrected chi connectivity index (χ4v) is 2.96.